The van der Waals surface area contributed by atoms with Gasteiger partial charge in [-0.1, -0.05) is 6.08 Å². The van der Waals surface area contributed by atoms with E-state index in [1.165, 1.54) is 0 Å². The van der Waals surface area contributed by atoms with Gasteiger partial charge in [0, 0.05) is 6.04 Å². The minimum Gasteiger partial charge on any atom is -0.330 e. The molecule has 13 heavy (non-hydrogen) atoms. The van der Waals surface area contributed by atoms with Gasteiger partial charge in [0.1, 0.15) is 0 Å². The maximum absolute atomic E-state index is 8.74. The van der Waals surface area contributed by atoms with Crippen LogP contribution in [-0.2, 0) is 10.4 Å². The molecule has 0 aromatic heterocycles. The Morgan fingerprint density at radius 1 is 1.46 bits per heavy atom. The van der Waals surface area contributed by atoms with Gasteiger partial charge < -0.3 is 11.5 Å². The SMILES string of the molecule is C=CCC(N)CCN.O=S(=O)(O)O. The Morgan fingerprint density at radius 2 is 1.85 bits per heavy atom. The molecule has 0 rings (SSSR count). The highest BCUT2D eigenvalue weighted by Crippen LogP contribution is 1.91. The maximum Gasteiger partial charge on any atom is 0.394 e. The maximum atomic E-state index is 8.74. The fourth-order valence-electron chi connectivity index (χ4n) is 0.546. The average molecular weight is 212 g/mol. The molecule has 1 atom stereocenters. The van der Waals surface area contributed by atoms with E-state index in [1.54, 1.807) is 0 Å². The average Bonchev–Trinajstić information content (AvgIpc) is 1.84. The number of rotatable bonds is 4. The van der Waals surface area contributed by atoms with Gasteiger partial charge in [-0.25, -0.2) is 0 Å². The van der Waals surface area contributed by atoms with Gasteiger partial charge in [0.15, 0.2) is 0 Å². The van der Waals surface area contributed by atoms with E-state index in [0.717, 1.165) is 12.8 Å². The van der Waals surface area contributed by atoms with Crippen LogP contribution in [0.2, 0.25) is 0 Å². The van der Waals surface area contributed by atoms with E-state index >= 15 is 0 Å². The quantitative estimate of drug-likeness (QED) is 0.370. The molecule has 0 aliphatic carbocycles. The molecule has 0 radical (unpaired) electrons. The second kappa shape index (κ2) is 8.14. The van der Waals surface area contributed by atoms with E-state index in [2.05, 4.69) is 6.58 Å². The smallest absolute Gasteiger partial charge is 0.330 e. The van der Waals surface area contributed by atoms with E-state index < -0.39 is 10.4 Å². The van der Waals surface area contributed by atoms with E-state index in [4.69, 9.17) is 29.0 Å². The van der Waals surface area contributed by atoms with Gasteiger partial charge >= 0.3 is 10.4 Å². The Labute approximate surface area is 78.2 Å². The normalized spacial score (nSPS) is 12.6. The molecule has 0 bridgehead atoms. The monoisotopic (exact) mass is 212 g/mol. The Bertz CT molecular complexity index is 207. The van der Waals surface area contributed by atoms with Gasteiger partial charge in [0.2, 0.25) is 0 Å². The summed E-state index contributed by atoms with van der Waals surface area (Å²) in [5, 5.41) is 0. The topological polar surface area (TPSA) is 127 Å². The molecule has 0 aliphatic rings. The van der Waals surface area contributed by atoms with Gasteiger partial charge in [-0.3, -0.25) is 9.11 Å². The lowest BCUT2D eigenvalue weighted by Crippen LogP contribution is -2.22. The summed E-state index contributed by atoms with van der Waals surface area (Å²) < 4.78 is 31.6. The third-order valence-electron chi connectivity index (χ3n) is 1.01. The minimum absolute atomic E-state index is 0.220. The van der Waals surface area contributed by atoms with Crippen LogP contribution in [0.15, 0.2) is 12.7 Å². The summed E-state index contributed by atoms with van der Waals surface area (Å²) in [6, 6.07) is 0.220. The first kappa shape index (κ1) is 15.0. The van der Waals surface area contributed by atoms with Crippen molar-refractivity contribution >= 4 is 10.4 Å². The van der Waals surface area contributed by atoms with Crippen LogP contribution in [0.4, 0.5) is 0 Å². The zero-order valence-electron chi connectivity index (χ0n) is 7.26. The summed E-state index contributed by atoms with van der Waals surface area (Å²) in [5.41, 5.74) is 10.8. The third kappa shape index (κ3) is 34.2. The molecule has 1 unspecified atom stereocenters. The van der Waals surface area contributed by atoms with Crippen LogP contribution < -0.4 is 11.5 Å². The predicted octanol–water partition coefficient (Wildman–Crippen LogP) is -0.414. The molecule has 0 amide bonds. The van der Waals surface area contributed by atoms with Crippen LogP contribution in [0.5, 0.6) is 0 Å². The first-order valence-corrected chi connectivity index (χ1v) is 4.97. The van der Waals surface area contributed by atoms with Gasteiger partial charge in [0.05, 0.1) is 0 Å². The summed E-state index contributed by atoms with van der Waals surface area (Å²) in [7, 11) is -4.67. The molecule has 6 nitrogen and oxygen atoms in total. The van der Waals surface area contributed by atoms with E-state index in [0.29, 0.717) is 6.54 Å². The molecule has 0 aromatic rings. The lowest BCUT2D eigenvalue weighted by atomic mass is 10.1. The van der Waals surface area contributed by atoms with Gasteiger partial charge in [-0.05, 0) is 19.4 Å². The lowest BCUT2D eigenvalue weighted by molar-refractivity contribution is 0.381. The second-order valence-corrected chi connectivity index (χ2v) is 3.21. The van der Waals surface area contributed by atoms with Crippen molar-refractivity contribution in [2.75, 3.05) is 6.54 Å². The predicted molar refractivity (Wildman–Crippen MR) is 50.6 cm³/mol. The van der Waals surface area contributed by atoms with Crippen LogP contribution >= 0.6 is 0 Å². The lowest BCUT2D eigenvalue weighted by Gasteiger charge is -2.04. The van der Waals surface area contributed by atoms with Crippen molar-refractivity contribution in [2.24, 2.45) is 11.5 Å². The van der Waals surface area contributed by atoms with Crippen LogP contribution in [0.3, 0.4) is 0 Å². The number of nitrogens with two attached hydrogens (primary N) is 2. The van der Waals surface area contributed by atoms with Crippen molar-refractivity contribution in [3.63, 3.8) is 0 Å². The van der Waals surface area contributed by atoms with Crippen LogP contribution in [-0.4, -0.2) is 30.1 Å². The molecule has 0 aromatic carbocycles. The Morgan fingerprint density at radius 3 is 2.08 bits per heavy atom. The highest BCUT2D eigenvalue weighted by Gasteiger charge is 1.94. The van der Waals surface area contributed by atoms with Crippen LogP contribution in [0.1, 0.15) is 12.8 Å². The third-order valence-corrected chi connectivity index (χ3v) is 1.01. The van der Waals surface area contributed by atoms with Crippen LogP contribution in [0.25, 0.3) is 0 Å². The molecule has 0 saturated heterocycles. The first-order chi connectivity index (χ1) is 5.81. The minimum atomic E-state index is -4.67. The molecule has 80 valence electrons. The molecule has 0 spiro atoms. The van der Waals surface area contributed by atoms with Crippen molar-refractivity contribution in [3.05, 3.63) is 12.7 Å². The zero-order valence-corrected chi connectivity index (χ0v) is 8.07. The summed E-state index contributed by atoms with van der Waals surface area (Å²) >= 11 is 0. The van der Waals surface area contributed by atoms with E-state index in [9.17, 15) is 0 Å². The van der Waals surface area contributed by atoms with Crippen molar-refractivity contribution in [2.45, 2.75) is 18.9 Å². The Balaban J connectivity index is 0. The second-order valence-electron chi connectivity index (χ2n) is 2.31. The molecule has 0 fully saturated rings. The summed E-state index contributed by atoms with van der Waals surface area (Å²) in [6.45, 7) is 4.24. The highest BCUT2D eigenvalue weighted by atomic mass is 32.3. The molecule has 7 heteroatoms. The Kier molecular flexibility index (Phi) is 9.41. The van der Waals surface area contributed by atoms with Crippen molar-refractivity contribution < 1.29 is 17.5 Å². The fraction of sp³-hybridized carbons (Fsp3) is 0.667. The van der Waals surface area contributed by atoms with Gasteiger partial charge in [-0.2, -0.15) is 8.42 Å². The first-order valence-electron chi connectivity index (χ1n) is 3.57. The summed E-state index contributed by atoms with van der Waals surface area (Å²) in [6.07, 6.45) is 3.59. The van der Waals surface area contributed by atoms with E-state index in [1.807, 2.05) is 6.08 Å². The number of hydrogen-bond donors (Lipinski definition) is 4. The zero-order chi connectivity index (χ0) is 10.9. The molecule has 0 heterocycles. The molecule has 0 aliphatic heterocycles. The number of hydrogen-bond acceptors (Lipinski definition) is 4. The molecule has 6 N–H and O–H groups in total. The molecular weight excluding hydrogens is 196 g/mol. The summed E-state index contributed by atoms with van der Waals surface area (Å²) in [5.74, 6) is 0. The van der Waals surface area contributed by atoms with Crippen LogP contribution in [0, 0.1) is 0 Å². The largest absolute Gasteiger partial charge is 0.394 e. The molecule has 0 saturated carbocycles. The van der Waals surface area contributed by atoms with Gasteiger partial charge in [-0.15, -0.1) is 6.58 Å². The van der Waals surface area contributed by atoms with Crippen molar-refractivity contribution in [1.29, 1.82) is 0 Å². The van der Waals surface area contributed by atoms with Gasteiger partial charge in [0.25, 0.3) is 0 Å². The van der Waals surface area contributed by atoms with E-state index in [-0.39, 0.29) is 6.04 Å². The fourth-order valence-corrected chi connectivity index (χ4v) is 0.546. The van der Waals surface area contributed by atoms with Crippen molar-refractivity contribution in [1.82, 2.24) is 0 Å². The molecular formula is C6H16N2O4S. The Hall–Kier alpha value is -0.470. The highest BCUT2D eigenvalue weighted by molar-refractivity contribution is 7.79. The van der Waals surface area contributed by atoms with Crippen molar-refractivity contribution in [3.8, 4) is 0 Å². The standard InChI is InChI=1S/C6H14N2.H2O4S/c1-2-3-6(8)4-5-7;1-5(2,3)4/h2,6H,1,3-5,7-8H2;(H2,1,2,3,4). The summed E-state index contributed by atoms with van der Waals surface area (Å²) in [4.78, 5) is 0.